The quantitative estimate of drug-likeness (QED) is 0.308. The van der Waals surface area contributed by atoms with E-state index in [0.29, 0.717) is 31.0 Å². The number of pyridine rings is 1. The SMILES string of the molecule is O=C(CCc1cccnc1)Cc1ccc(-n2nc(C(=O)N3CCC(N4CCCCC4)CC3)c3ccccc32)cc1. The number of aromatic nitrogens is 3. The zero-order chi connectivity index (χ0) is 27.3. The lowest BCUT2D eigenvalue weighted by atomic mass is 9.99. The zero-order valence-corrected chi connectivity index (χ0v) is 23.0. The number of carbonyl (C=O) groups is 2. The van der Waals surface area contributed by atoms with Gasteiger partial charge in [0.2, 0.25) is 0 Å². The molecule has 2 aliphatic heterocycles. The molecular weight excluding hydrogens is 498 g/mol. The Morgan fingerprint density at radius 2 is 1.60 bits per heavy atom. The second-order valence-corrected chi connectivity index (χ2v) is 11.1. The summed E-state index contributed by atoms with van der Waals surface area (Å²) in [7, 11) is 0. The summed E-state index contributed by atoms with van der Waals surface area (Å²) in [6, 6.07) is 20.4. The number of nitrogens with zero attached hydrogens (tertiary/aromatic N) is 5. The summed E-state index contributed by atoms with van der Waals surface area (Å²) in [5, 5.41) is 5.71. The molecule has 2 aliphatic rings. The third-order valence-electron chi connectivity index (χ3n) is 8.45. The van der Waals surface area contributed by atoms with Crippen LogP contribution < -0.4 is 0 Å². The molecule has 4 heterocycles. The lowest BCUT2D eigenvalue weighted by molar-refractivity contribution is -0.118. The highest BCUT2D eigenvalue weighted by Crippen LogP contribution is 2.26. The number of hydrogen-bond donors (Lipinski definition) is 0. The van der Waals surface area contributed by atoms with E-state index in [-0.39, 0.29) is 11.7 Å². The van der Waals surface area contributed by atoms with Crippen molar-refractivity contribution in [1.29, 1.82) is 0 Å². The van der Waals surface area contributed by atoms with Crippen molar-refractivity contribution in [1.82, 2.24) is 24.6 Å². The summed E-state index contributed by atoms with van der Waals surface area (Å²) < 4.78 is 1.86. The number of ketones is 1. The van der Waals surface area contributed by atoms with Gasteiger partial charge in [0.25, 0.3) is 5.91 Å². The molecule has 206 valence electrons. The molecule has 2 aromatic heterocycles. The van der Waals surface area contributed by atoms with Crippen LogP contribution >= 0.6 is 0 Å². The molecule has 0 spiro atoms. The third-order valence-corrected chi connectivity index (χ3v) is 8.45. The minimum Gasteiger partial charge on any atom is -0.337 e. The fourth-order valence-electron chi connectivity index (χ4n) is 6.19. The van der Waals surface area contributed by atoms with E-state index in [0.717, 1.165) is 53.6 Å². The number of hydrogen-bond acceptors (Lipinski definition) is 5. The number of piperidine rings is 2. The Bertz CT molecular complexity index is 1450. The van der Waals surface area contributed by atoms with E-state index in [1.54, 1.807) is 6.20 Å². The van der Waals surface area contributed by atoms with Gasteiger partial charge in [-0.1, -0.05) is 42.8 Å². The maximum absolute atomic E-state index is 13.7. The lowest BCUT2D eigenvalue weighted by Gasteiger charge is -2.40. The highest BCUT2D eigenvalue weighted by Gasteiger charge is 2.30. The number of fused-ring (bicyclic) bond motifs is 1. The number of benzene rings is 2. The van der Waals surface area contributed by atoms with Crippen molar-refractivity contribution in [2.45, 2.75) is 57.4 Å². The van der Waals surface area contributed by atoms with Crippen LogP contribution in [0.1, 0.15) is 60.1 Å². The molecule has 40 heavy (non-hydrogen) atoms. The van der Waals surface area contributed by atoms with Crippen LogP contribution in [0.4, 0.5) is 0 Å². The molecule has 6 rings (SSSR count). The van der Waals surface area contributed by atoms with E-state index in [1.165, 1.54) is 32.4 Å². The first-order valence-corrected chi connectivity index (χ1v) is 14.7. The number of aryl methyl sites for hydroxylation is 1. The molecule has 7 nitrogen and oxygen atoms in total. The predicted octanol–water partition coefficient (Wildman–Crippen LogP) is 5.26. The van der Waals surface area contributed by atoms with Crippen LogP contribution in [0.25, 0.3) is 16.6 Å². The van der Waals surface area contributed by atoms with Crippen LogP contribution in [0.3, 0.4) is 0 Å². The molecule has 0 N–H and O–H groups in total. The Morgan fingerprint density at radius 1 is 0.825 bits per heavy atom. The highest BCUT2D eigenvalue weighted by atomic mass is 16.2. The number of carbonyl (C=O) groups excluding carboxylic acids is 2. The Labute approximate surface area is 235 Å². The van der Waals surface area contributed by atoms with E-state index >= 15 is 0 Å². The van der Waals surface area contributed by atoms with Gasteiger partial charge in [-0.15, -0.1) is 0 Å². The van der Waals surface area contributed by atoms with Gasteiger partial charge in [0.1, 0.15) is 5.78 Å². The van der Waals surface area contributed by atoms with Crippen LogP contribution in [0.2, 0.25) is 0 Å². The topological polar surface area (TPSA) is 71.3 Å². The van der Waals surface area contributed by atoms with Gasteiger partial charge in [0, 0.05) is 49.8 Å². The standard InChI is InChI=1S/C33H37N5O2/c39-29(15-12-26-7-6-18-34-24-26)23-25-10-13-28(14-11-25)38-31-9-3-2-8-30(31)32(35-38)33(40)37-21-16-27(17-22-37)36-19-4-1-5-20-36/h2-3,6-11,13-14,18,24,27H,1,4-5,12,15-17,19-23H2. The summed E-state index contributed by atoms with van der Waals surface area (Å²) in [4.78, 5) is 35.0. The molecule has 0 unspecified atom stereocenters. The number of likely N-dealkylation sites (tertiary alicyclic amines) is 2. The molecule has 4 aromatic rings. The maximum Gasteiger partial charge on any atom is 0.275 e. The Kier molecular flexibility index (Phi) is 8.00. The average molecular weight is 536 g/mol. The monoisotopic (exact) mass is 535 g/mol. The minimum atomic E-state index is 0.0166. The van der Waals surface area contributed by atoms with E-state index < -0.39 is 0 Å². The molecular formula is C33H37N5O2. The summed E-state index contributed by atoms with van der Waals surface area (Å²) in [5.74, 6) is 0.223. The van der Waals surface area contributed by atoms with Crippen molar-refractivity contribution in [2.24, 2.45) is 0 Å². The van der Waals surface area contributed by atoms with Crippen molar-refractivity contribution in [3.05, 3.63) is 89.9 Å². The summed E-state index contributed by atoms with van der Waals surface area (Å²) >= 11 is 0. The molecule has 2 aromatic carbocycles. The molecule has 2 saturated heterocycles. The summed E-state index contributed by atoms with van der Waals surface area (Å²) in [6.07, 6.45) is 11.2. The maximum atomic E-state index is 13.7. The van der Waals surface area contributed by atoms with Gasteiger partial charge < -0.3 is 9.80 Å². The molecule has 1 amide bonds. The number of rotatable bonds is 8. The van der Waals surface area contributed by atoms with Crippen LogP contribution in [-0.2, 0) is 17.6 Å². The van der Waals surface area contributed by atoms with Crippen LogP contribution in [0, 0.1) is 0 Å². The van der Waals surface area contributed by atoms with Crippen LogP contribution in [0.5, 0.6) is 0 Å². The van der Waals surface area contributed by atoms with Crippen molar-refractivity contribution >= 4 is 22.6 Å². The Hall–Kier alpha value is -3.84. The summed E-state index contributed by atoms with van der Waals surface area (Å²) in [5.41, 5.74) is 4.36. The molecule has 0 radical (unpaired) electrons. The van der Waals surface area contributed by atoms with E-state index in [2.05, 4.69) is 9.88 Å². The van der Waals surface area contributed by atoms with Crippen LogP contribution in [0.15, 0.2) is 73.1 Å². The molecule has 7 heteroatoms. The second kappa shape index (κ2) is 12.1. The molecule has 0 aliphatic carbocycles. The van der Waals surface area contributed by atoms with Crippen molar-refractivity contribution in [3.8, 4) is 5.69 Å². The zero-order valence-electron chi connectivity index (χ0n) is 23.0. The van der Waals surface area contributed by atoms with E-state index in [1.807, 2.05) is 76.4 Å². The van der Waals surface area contributed by atoms with Crippen LogP contribution in [-0.4, -0.2) is 68.5 Å². The fourth-order valence-corrected chi connectivity index (χ4v) is 6.19. The molecule has 0 bridgehead atoms. The molecule has 0 saturated carbocycles. The average Bonchev–Trinajstić information content (AvgIpc) is 3.41. The smallest absolute Gasteiger partial charge is 0.275 e. The lowest BCUT2D eigenvalue weighted by Crippen LogP contribution is -2.48. The van der Waals surface area contributed by atoms with E-state index in [9.17, 15) is 9.59 Å². The third kappa shape index (κ3) is 5.85. The predicted molar refractivity (Wildman–Crippen MR) is 157 cm³/mol. The summed E-state index contributed by atoms with van der Waals surface area (Å²) in [6.45, 7) is 3.97. The van der Waals surface area contributed by atoms with Gasteiger partial charge in [-0.25, -0.2) is 4.68 Å². The second-order valence-electron chi connectivity index (χ2n) is 11.1. The highest BCUT2D eigenvalue weighted by molar-refractivity contribution is 6.05. The normalized spacial score (nSPS) is 16.9. The number of amides is 1. The minimum absolute atomic E-state index is 0.0166. The van der Waals surface area contributed by atoms with Gasteiger partial charge in [-0.2, -0.15) is 5.10 Å². The largest absolute Gasteiger partial charge is 0.337 e. The Morgan fingerprint density at radius 3 is 2.35 bits per heavy atom. The van der Waals surface area contributed by atoms with Crippen molar-refractivity contribution in [2.75, 3.05) is 26.2 Å². The van der Waals surface area contributed by atoms with Gasteiger partial charge in [-0.3, -0.25) is 14.6 Å². The first kappa shape index (κ1) is 26.4. The van der Waals surface area contributed by atoms with E-state index in [4.69, 9.17) is 5.10 Å². The van der Waals surface area contributed by atoms with Gasteiger partial charge in [-0.05, 0) is 80.6 Å². The van der Waals surface area contributed by atoms with Crippen molar-refractivity contribution in [3.63, 3.8) is 0 Å². The van der Waals surface area contributed by atoms with Gasteiger partial charge in [0.05, 0.1) is 11.2 Å². The van der Waals surface area contributed by atoms with Gasteiger partial charge >= 0.3 is 0 Å². The van der Waals surface area contributed by atoms with Crippen molar-refractivity contribution < 1.29 is 9.59 Å². The first-order chi connectivity index (χ1) is 19.7. The molecule has 2 fully saturated rings. The Balaban J connectivity index is 1.13. The number of para-hydroxylation sites is 1. The first-order valence-electron chi connectivity index (χ1n) is 14.7. The fraction of sp³-hybridized carbons (Fsp3) is 0.394. The molecule has 0 atom stereocenters. The number of Topliss-reactive ketones (excluding diaryl/α,β-unsaturated/α-hetero) is 1. The van der Waals surface area contributed by atoms with Gasteiger partial charge in [0.15, 0.2) is 5.69 Å².